The summed E-state index contributed by atoms with van der Waals surface area (Å²) in [5.74, 6) is 0.994. The minimum absolute atomic E-state index is 0.536. The quantitative estimate of drug-likeness (QED) is 0.528. The molecule has 3 rings (SSSR count). The average Bonchev–Trinajstić information content (AvgIpc) is 3.37. The Balaban J connectivity index is 1.39. The molecule has 6 heteroatoms. The van der Waals surface area contributed by atoms with Crippen LogP contribution in [0, 0.1) is 0 Å². The maximum absolute atomic E-state index is 4.84. The van der Waals surface area contributed by atoms with Crippen molar-refractivity contribution in [1.82, 2.24) is 20.4 Å². The predicted octanol–water partition coefficient (Wildman–Crippen LogP) is 3.14. The molecule has 0 unspecified atom stereocenters. The van der Waals surface area contributed by atoms with Crippen LogP contribution >= 0.6 is 11.3 Å². The van der Waals surface area contributed by atoms with Crippen molar-refractivity contribution in [3.63, 3.8) is 0 Å². The van der Waals surface area contributed by atoms with Gasteiger partial charge in [-0.05, 0) is 62.0 Å². The van der Waals surface area contributed by atoms with Gasteiger partial charge in [0.15, 0.2) is 5.96 Å². The molecule has 2 heterocycles. The summed E-state index contributed by atoms with van der Waals surface area (Å²) < 4.78 is 0. The number of nitrogens with one attached hydrogen (secondary N) is 2. The van der Waals surface area contributed by atoms with Gasteiger partial charge in [-0.1, -0.05) is 12.8 Å². The molecule has 0 amide bonds. The van der Waals surface area contributed by atoms with Crippen molar-refractivity contribution in [2.24, 2.45) is 4.99 Å². The Morgan fingerprint density at radius 3 is 2.70 bits per heavy atom. The lowest BCUT2D eigenvalue weighted by atomic mass is 10.0. The van der Waals surface area contributed by atoms with Gasteiger partial charge in [0.05, 0.1) is 6.54 Å². The maximum Gasteiger partial charge on any atom is 0.191 e. The van der Waals surface area contributed by atoms with Crippen LogP contribution in [0.3, 0.4) is 0 Å². The molecule has 152 valence electrons. The fourth-order valence-corrected chi connectivity index (χ4v) is 4.90. The first-order valence-corrected chi connectivity index (χ1v) is 11.7. The lowest BCUT2D eigenvalue weighted by Gasteiger charge is -2.33. The van der Waals surface area contributed by atoms with Crippen LogP contribution in [0.4, 0.5) is 0 Å². The largest absolute Gasteiger partial charge is 0.357 e. The minimum atomic E-state index is 0.536. The van der Waals surface area contributed by atoms with Crippen molar-refractivity contribution >= 4 is 17.3 Å². The molecule has 2 N–H and O–H groups in total. The van der Waals surface area contributed by atoms with E-state index in [-0.39, 0.29) is 0 Å². The number of thiophene rings is 1. The van der Waals surface area contributed by atoms with E-state index in [0.29, 0.717) is 6.04 Å². The van der Waals surface area contributed by atoms with Crippen LogP contribution in [0.25, 0.3) is 0 Å². The van der Waals surface area contributed by atoms with Crippen LogP contribution in [-0.2, 0) is 6.54 Å². The number of hydrogen-bond acceptors (Lipinski definition) is 4. The number of aliphatic imine (C=N–C) groups is 1. The lowest BCUT2D eigenvalue weighted by Crippen LogP contribution is -2.48. The third-order valence-corrected chi connectivity index (χ3v) is 6.66. The maximum atomic E-state index is 4.84. The molecular formula is C21H37N5S. The highest BCUT2D eigenvalue weighted by molar-refractivity contribution is 7.07. The van der Waals surface area contributed by atoms with E-state index in [1.807, 2.05) is 0 Å². The Hall–Kier alpha value is -1.11. The van der Waals surface area contributed by atoms with E-state index < -0.39 is 0 Å². The second-order valence-electron chi connectivity index (χ2n) is 8.01. The average molecular weight is 392 g/mol. The second-order valence-corrected chi connectivity index (χ2v) is 8.79. The molecule has 1 saturated carbocycles. The Labute approximate surface area is 169 Å². The first-order valence-electron chi connectivity index (χ1n) is 10.7. The molecule has 0 spiro atoms. The van der Waals surface area contributed by atoms with Crippen LogP contribution in [0.1, 0.15) is 51.0 Å². The molecule has 0 atom stereocenters. The van der Waals surface area contributed by atoms with E-state index in [9.17, 15) is 0 Å². The normalized spacial score (nSPS) is 20.5. The Morgan fingerprint density at radius 1 is 1.26 bits per heavy atom. The van der Waals surface area contributed by atoms with Gasteiger partial charge >= 0.3 is 0 Å². The number of rotatable bonds is 8. The minimum Gasteiger partial charge on any atom is -0.357 e. The van der Waals surface area contributed by atoms with Gasteiger partial charge in [0.1, 0.15) is 0 Å². The van der Waals surface area contributed by atoms with Crippen molar-refractivity contribution in [2.75, 3.05) is 39.8 Å². The van der Waals surface area contributed by atoms with Gasteiger partial charge in [-0.15, -0.1) is 0 Å². The number of likely N-dealkylation sites (tertiary alicyclic amines) is 1. The predicted molar refractivity (Wildman–Crippen MR) is 117 cm³/mol. The molecule has 5 nitrogen and oxygen atoms in total. The fourth-order valence-electron chi connectivity index (χ4n) is 4.24. The zero-order chi connectivity index (χ0) is 18.9. The number of guanidine groups is 1. The molecule has 27 heavy (non-hydrogen) atoms. The summed E-state index contributed by atoms with van der Waals surface area (Å²) in [6, 6.07) is 3.56. The van der Waals surface area contributed by atoms with Crippen molar-refractivity contribution in [2.45, 2.75) is 64.1 Å². The van der Waals surface area contributed by atoms with E-state index in [4.69, 9.17) is 4.99 Å². The van der Waals surface area contributed by atoms with E-state index in [1.165, 1.54) is 44.1 Å². The summed E-state index contributed by atoms with van der Waals surface area (Å²) in [4.78, 5) is 9.91. The zero-order valence-corrected chi connectivity index (χ0v) is 17.9. The van der Waals surface area contributed by atoms with Crippen LogP contribution in [0.5, 0.6) is 0 Å². The Kier molecular flexibility index (Phi) is 8.42. The number of nitrogens with zero attached hydrogens (tertiary/aromatic N) is 3. The number of hydrogen-bond donors (Lipinski definition) is 2. The van der Waals surface area contributed by atoms with Crippen LogP contribution in [-0.4, -0.2) is 67.6 Å². The van der Waals surface area contributed by atoms with Crippen LogP contribution in [0.2, 0.25) is 0 Å². The van der Waals surface area contributed by atoms with Gasteiger partial charge in [0, 0.05) is 44.8 Å². The van der Waals surface area contributed by atoms with Crippen LogP contribution in [0.15, 0.2) is 21.8 Å². The monoisotopic (exact) mass is 391 g/mol. The van der Waals surface area contributed by atoms with Crippen molar-refractivity contribution in [3.05, 3.63) is 22.4 Å². The van der Waals surface area contributed by atoms with E-state index >= 15 is 0 Å². The zero-order valence-electron chi connectivity index (χ0n) is 17.1. The van der Waals surface area contributed by atoms with Gasteiger partial charge in [-0.3, -0.25) is 9.89 Å². The van der Waals surface area contributed by atoms with Crippen LogP contribution < -0.4 is 10.6 Å². The molecule has 1 aliphatic heterocycles. The third-order valence-electron chi connectivity index (χ3n) is 5.93. The summed E-state index contributed by atoms with van der Waals surface area (Å²) in [5.41, 5.74) is 1.45. The Morgan fingerprint density at radius 2 is 2.04 bits per heavy atom. The molecule has 2 fully saturated rings. The van der Waals surface area contributed by atoms with Crippen molar-refractivity contribution in [3.8, 4) is 0 Å². The van der Waals surface area contributed by atoms with Crippen molar-refractivity contribution in [1.29, 1.82) is 0 Å². The topological polar surface area (TPSA) is 42.9 Å². The first kappa shape index (κ1) is 20.6. The van der Waals surface area contributed by atoms with Gasteiger partial charge < -0.3 is 15.5 Å². The summed E-state index contributed by atoms with van der Waals surface area (Å²) in [7, 11) is 2.26. The van der Waals surface area contributed by atoms with Gasteiger partial charge in [-0.2, -0.15) is 11.3 Å². The smallest absolute Gasteiger partial charge is 0.191 e. The third kappa shape index (κ3) is 6.77. The molecule has 1 aromatic heterocycles. The molecule has 1 aromatic rings. The molecular weight excluding hydrogens is 354 g/mol. The summed E-state index contributed by atoms with van der Waals surface area (Å²) in [6.07, 6.45) is 7.90. The standard InChI is InChI=1S/C21H37N5S/c1-3-22-21(23-11-14-25(2)20-6-4-5-7-20)24-19-8-12-26(13-9-19)16-18-10-15-27-17-18/h10,15,17,19-20H,3-9,11-14,16H2,1-2H3,(H2,22,23,24). The van der Waals surface area contributed by atoms with E-state index in [1.54, 1.807) is 11.3 Å². The molecule has 0 bridgehead atoms. The highest BCUT2D eigenvalue weighted by atomic mass is 32.1. The summed E-state index contributed by atoms with van der Waals surface area (Å²) in [6.45, 7) is 8.42. The van der Waals surface area contributed by atoms with E-state index in [2.05, 4.69) is 51.2 Å². The molecule has 0 aromatic carbocycles. The highest BCUT2D eigenvalue weighted by Gasteiger charge is 2.21. The lowest BCUT2D eigenvalue weighted by molar-refractivity contribution is 0.198. The van der Waals surface area contributed by atoms with Gasteiger partial charge in [0.2, 0.25) is 0 Å². The summed E-state index contributed by atoms with van der Waals surface area (Å²) in [5, 5.41) is 11.5. The molecule has 2 aliphatic rings. The fraction of sp³-hybridized carbons (Fsp3) is 0.762. The van der Waals surface area contributed by atoms with Gasteiger partial charge in [-0.25, -0.2) is 0 Å². The van der Waals surface area contributed by atoms with E-state index in [0.717, 1.165) is 51.3 Å². The highest BCUT2D eigenvalue weighted by Crippen LogP contribution is 2.22. The Bertz CT molecular complexity index is 545. The summed E-state index contributed by atoms with van der Waals surface area (Å²) >= 11 is 1.79. The number of piperidine rings is 1. The van der Waals surface area contributed by atoms with Gasteiger partial charge in [0.25, 0.3) is 0 Å². The van der Waals surface area contributed by atoms with Crippen molar-refractivity contribution < 1.29 is 0 Å². The molecule has 1 saturated heterocycles. The molecule has 1 aliphatic carbocycles. The first-order chi connectivity index (χ1) is 13.2. The molecule has 0 radical (unpaired) electrons. The number of likely N-dealkylation sites (N-methyl/N-ethyl adjacent to an activating group) is 1. The SMILES string of the molecule is CCNC(=NCCN(C)C1CCCC1)NC1CCN(Cc2ccsc2)CC1. The second kappa shape index (κ2) is 11.0.